The third-order valence-electron chi connectivity index (χ3n) is 2.46. The molecule has 0 N–H and O–H groups in total. The number of hydrogen-bond acceptors (Lipinski definition) is 4. The molecular formula is C12H8F3N2O2S-. The van der Waals surface area contributed by atoms with Crippen LogP contribution >= 0.6 is 0 Å². The van der Waals surface area contributed by atoms with Crippen molar-refractivity contribution in [2.75, 3.05) is 0 Å². The van der Waals surface area contributed by atoms with E-state index in [0.29, 0.717) is 11.3 Å². The van der Waals surface area contributed by atoms with Gasteiger partial charge in [0.1, 0.15) is 5.82 Å². The van der Waals surface area contributed by atoms with Gasteiger partial charge in [-0.3, -0.25) is 4.21 Å². The fourth-order valence-corrected chi connectivity index (χ4v) is 1.91. The highest BCUT2D eigenvalue weighted by Crippen LogP contribution is 2.30. The van der Waals surface area contributed by atoms with Gasteiger partial charge in [0.25, 0.3) is 0 Å². The third kappa shape index (κ3) is 3.61. The lowest BCUT2D eigenvalue weighted by Gasteiger charge is -2.08. The quantitative estimate of drug-likeness (QED) is 0.817. The van der Waals surface area contributed by atoms with Crippen LogP contribution in [0.4, 0.5) is 13.2 Å². The first kappa shape index (κ1) is 14.6. The highest BCUT2D eigenvalue weighted by molar-refractivity contribution is 7.78. The maximum Gasteiger partial charge on any atom is 0.416 e. The molecule has 2 rings (SSSR count). The van der Waals surface area contributed by atoms with Gasteiger partial charge in [-0.15, -0.1) is 0 Å². The van der Waals surface area contributed by atoms with Crippen molar-refractivity contribution in [3.63, 3.8) is 0 Å². The van der Waals surface area contributed by atoms with E-state index in [-0.39, 0.29) is 11.6 Å². The number of halogens is 3. The molecule has 1 aromatic heterocycles. The molecule has 4 nitrogen and oxygen atoms in total. The number of rotatable bonds is 3. The topological polar surface area (TPSA) is 65.9 Å². The third-order valence-corrected chi connectivity index (χ3v) is 2.95. The molecular weight excluding hydrogens is 293 g/mol. The summed E-state index contributed by atoms with van der Waals surface area (Å²) in [6.07, 6.45) is -3.03. The molecule has 0 radical (unpaired) electrons. The summed E-state index contributed by atoms with van der Waals surface area (Å²) in [4.78, 5) is 7.77. The molecule has 1 atom stereocenters. The first-order valence-electron chi connectivity index (χ1n) is 5.41. The van der Waals surface area contributed by atoms with Crippen LogP contribution in [0.2, 0.25) is 0 Å². The number of benzene rings is 1. The summed E-state index contributed by atoms with van der Waals surface area (Å²) in [6.45, 7) is 0. The molecule has 0 bridgehead atoms. The second-order valence-corrected chi connectivity index (χ2v) is 4.78. The van der Waals surface area contributed by atoms with E-state index in [1.807, 2.05) is 0 Å². The van der Waals surface area contributed by atoms with Gasteiger partial charge in [-0.25, -0.2) is 9.97 Å². The minimum absolute atomic E-state index is 0.0933. The van der Waals surface area contributed by atoms with Crippen molar-refractivity contribution in [1.29, 1.82) is 0 Å². The Morgan fingerprint density at radius 3 is 2.35 bits per heavy atom. The van der Waals surface area contributed by atoms with E-state index in [2.05, 4.69) is 9.97 Å². The van der Waals surface area contributed by atoms with Crippen LogP contribution in [-0.2, 0) is 23.0 Å². The predicted molar refractivity (Wildman–Crippen MR) is 65.1 cm³/mol. The summed E-state index contributed by atoms with van der Waals surface area (Å²) in [7, 11) is 0. The molecule has 8 heteroatoms. The van der Waals surface area contributed by atoms with Crippen LogP contribution in [-0.4, -0.2) is 18.7 Å². The maximum atomic E-state index is 12.4. The highest BCUT2D eigenvalue weighted by atomic mass is 32.2. The Morgan fingerprint density at radius 1 is 1.15 bits per heavy atom. The normalized spacial score (nSPS) is 13.2. The highest BCUT2D eigenvalue weighted by Gasteiger charge is 2.29. The van der Waals surface area contributed by atoms with Crippen LogP contribution in [0.15, 0.2) is 36.5 Å². The van der Waals surface area contributed by atoms with Crippen LogP contribution in [0.3, 0.4) is 0 Å². The molecule has 1 heterocycles. The summed E-state index contributed by atoms with van der Waals surface area (Å²) >= 11 is -2.32. The number of alkyl halides is 3. The molecule has 20 heavy (non-hydrogen) atoms. The summed E-state index contributed by atoms with van der Waals surface area (Å²) in [6, 6.07) is 5.96. The van der Waals surface area contributed by atoms with Gasteiger partial charge >= 0.3 is 6.18 Å². The van der Waals surface area contributed by atoms with Crippen LogP contribution in [0.1, 0.15) is 11.4 Å². The number of hydrogen-bond donors (Lipinski definition) is 0. The van der Waals surface area contributed by atoms with Crippen LogP contribution in [0.5, 0.6) is 0 Å². The van der Waals surface area contributed by atoms with Gasteiger partial charge in [0.15, 0.2) is 0 Å². The zero-order valence-electron chi connectivity index (χ0n) is 9.92. The van der Waals surface area contributed by atoms with Crippen molar-refractivity contribution in [3.05, 3.63) is 47.9 Å². The van der Waals surface area contributed by atoms with E-state index < -0.39 is 22.8 Å². The van der Waals surface area contributed by atoms with Gasteiger partial charge in [-0.1, -0.05) is 12.1 Å². The molecule has 0 aliphatic heterocycles. The summed E-state index contributed by atoms with van der Waals surface area (Å²) in [5, 5.41) is 0. The Kier molecular flexibility index (Phi) is 4.15. The summed E-state index contributed by atoms with van der Waals surface area (Å²) in [5.74, 6) is -0.246. The summed E-state index contributed by atoms with van der Waals surface area (Å²) in [5.41, 5.74) is 0.0729. The second-order valence-electron chi connectivity index (χ2n) is 3.88. The monoisotopic (exact) mass is 301 g/mol. The van der Waals surface area contributed by atoms with Gasteiger partial charge < -0.3 is 4.55 Å². The molecule has 0 aliphatic rings. The van der Waals surface area contributed by atoms with E-state index in [1.165, 1.54) is 24.4 Å². The zero-order valence-corrected chi connectivity index (χ0v) is 10.7. The van der Waals surface area contributed by atoms with E-state index >= 15 is 0 Å². The van der Waals surface area contributed by atoms with Gasteiger partial charge in [0.05, 0.1) is 17.0 Å². The van der Waals surface area contributed by atoms with Crippen molar-refractivity contribution >= 4 is 11.1 Å². The van der Waals surface area contributed by atoms with Crippen molar-refractivity contribution in [2.45, 2.75) is 11.9 Å². The molecule has 1 unspecified atom stereocenters. The Balaban J connectivity index is 2.30. The molecule has 0 spiro atoms. The summed E-state index contributed by atoms with van der Waals surface area (Å²) < 4.78 is 58.4. The Bertz CT molecular complexity index is 629. The average molecular weight is 301 g/mol. The van der Waals surface area contributed by atoms with E-state index in [1.54, 1.807) is 0 Å². The molecule has 1 aromatic carbocycles. The minimum atomic E-state index is -4.39. The van der Waals surface area contributed by atoms with Gasteiger partial charge in [-0.2, -0.15) is 13.2 Å². The number of aromatic nitrogens is 2. The lowest BCUT2D eigenvalue weighted by Crippen LogP contribution is -2.04. The Labute approximate surface area is 115 Å². The molecule has 106 valence electrons. The second kappa shape index (κ2) is 5.68. The van der Waals surface area contributed by atoms with Crippen molar-refractivity contribution in [2.24, 2.45) is 0 Å². The van der Waals surface area contributed by atoms with Gasteiger partial charge in [0, 0.05) is 11.8 Å². The standard InChI is InChI=1S/C12H9F3N2O2S/c13-12(14,15)9-3-1-8(2-4-9)10-5-6-16-11(17-10)7-20(18)19/h1-6H,7H2,(H,18,19)/p-1. The largest absolute Gasteiger partial charge is 0.772 e. The Hall–Kier alpha value is -1.80. The van der Waals surface area contributed by atoms with Crippen LogP contribution < -0.4 is 0 Å². The number of nitrogens with zero attached hydrogens (tertiary/aromatic N) is 2. The first-order chi connectivity index (χ1) is 9.36. The van der Waals surface area contributed by atoms with Crippen LogP contribution in [0.25, 0.3) is 11.3 Å². The SMILES string of the molecule is O=S([O-])Cc1nccc(-c2ccc(C(F)(F)F)cc2)n1. The Morgan fingerprint density at radius 2 is 1.80 bits per heavy atom. The fraction of sp³-hybridized carbons (Fsp3) is 0.167. The van der Waals surface area contributed by atoms with Crippen molar-refractivity contribution in [1.82, 2.24) is 9.97 Å². The van der Waals surface area contributed by atoms with E-state index in [9.17, 15) is 21.9 Å². The maximum absolute atomic E-state index is 12.4. The molecule has 0 saturated heterocycles. The molecule has 0 aliphatic carbocycles. The smallest absolute Gasteiger partial charge is 0.416 e. The molecule has 0 amide bonds. The first-order valence-corrected chi connectivity index (χ1v) is 6.66. The minimum Gasteiger partial charge on any atom is -0.772 e. The van der Waals surface area contributed by atoms with E-state index in [0.717, 1.165) is 12.1 Å². The lowest BCUT2D eigenvalue weighted by molar-refractivity contribution is -0.137. The molecule has 0 saturated carbocycles. The van der Waals surface area contributed by atoms with Crippen molar-refractivity contribution < 1.29 is 21.9 Å². The van der Waals surface area contributed by atoms with E-state index in [4.69, 9.17) is 0 Å². The molecule has 0 fully saturated rings. The average Bonchev–Trinajstić information content (AvgIpc) is 2.37. The van der Waals surface area contributed by atoms with Crippen LogP contribution in [0, 0.1) is 0 Å². The lowest BCUT2D eigenvalue weighted by atomic mass is 10.1. The van der Waals surface area contributed by atoms with Gasteiger partial charge in [0.2, 0.25) is 0 Å². The van der Waals surface area contributed by atoms with Crippen molar-refractivity contribution in [3.8, 4) is 11.3 Å². The fourth-order valence-electron chi connectivity index (χ4n) is 1.56. The predicted octanol–water partition coefficient (Wildman–Crippen LogP) is 2.54. The molecule has 2 aromatic rings. The van der Waals surface area contributed by atoms with Gasteiger partial charge in [-0.05, 0) is 29.3 Å². The zero-order chi connectivity index (χ0) is 14.8.